The maximum absolute atomic E-state index is 12.5. The number of aromatic nitrogens is 6. The van der Waals surface area contributed by atoms with Gasteiger partial charge >= 0.3 is 0 Å². The van der Waals surface area contributed by atoms with E-state index >= 15 is 0 Å². The van der Waals surface area contributed by atoms with Gasteiger partial charge in [-0.3, -0.25) is 14.4 Å². The second-order valence-electron chi connectivity index (χ2n) is 8.27. The summed E-state index contributed by atoms with van der Waals surface area (Å²) in [6, 6.07) is 2.19. The van der Waals surface area contributed by atoms with Crippen molar-refractivity contribution in [1.29, 1.82) is 0 Å². The van der Waals surface area contributed by atoms with Gasteiger partial charge in [-0.15, -0.1) is 0 Å². The Kier molecular flexibility index (Phi) is 5.91. The van der Waals surface area contributed by atoms with E-state index in [4.69, 9.17) is 0 Å². The van der Waals surface area contributed by atoms with Gasteiger partial charge in [0.2, 0.25) is 0 Å². The van der Waals surface area contributed by atoms with Crippen LogP contribution in [0.3, 0.4) is 0 Å². The molecule has 5 heterocycles. The van der Waals surface area contributed by atoms with Crippen molar-refractivity contribution < 1.29 is 0 Å². The quantitative estimate of drug-likeness (QED) is 0.619. The van der Waals surface area contributed by atoms with Crippen LogP contribution < -0.4 is 10.9 Å². The first-order valence-electron chi connectivity index (χ1n) is 11.0. The van der Waals surface area contributed by atoms with Gasteiger partial charge in [0.1, 0.15) is 12.1 Å². The largest absolute Gasteiger partial charge is 0.368 e. The number of nitrogens with one attached hydrogen (secondary N) is 1. The summed E-state index contributed by atoms with van der Waals surface area (Å²) < 4.78 is 3.43. The molecule has 10 heteroatoms. The molecule has 0 amide bonds. The number of likely N-dealkylation sites (tertiary alicyclic amines) is 1. The fourth-order valence-electron chi connectivity index (χ4n) is 4.54. The van der Waals surface area contributed by atoms with Gasteiger partial charge in [-0.25, -0.2) is 14.6 Å². The third-order valence-corrected chi connectivity index (χ3v) is 7.30. The normalized spacial score (nSPS) is 19.5. The Morgan fingerprint density at radius 1 is 1.26 bits per heavy atom. The lowest BCUT2D eigenvalue weighted by Gasteiger charge is -2.36. The summed E-state index contributed by atoms with van der Waals surface area (Å²) in [4.78, 5) is 23.7. The first kappa shape index (κ1) is 20.4. The van der Waals surface area contributed by atoms with Crippen LogP contribution in [0.2, 0.25) is 0 Å². The van der Waals surface area contributed by atoms with E-state index in [1.807, 2.05) is 25.0 Å². The third-order valence-electron chi connectivity index (χ3n) is 6.29. The predicted molar refractivity (Wildman–Crippen MR) is 122 cm³/mol. The van der Waals surface area contributed by atoms with E-state index in [-0.39, 0.29) is 5.56 Å². The molecule has 1 fully saturated rings. The number of rotatable bonds is 6. The fourth-order valence-corrected chi connectivity index (χ4v) is 5.49. The van der Waals surface area contributed by atoms with E-state index in [0.717, 1.165) is 72.1 Å². The fraction of sp³-hybridized carbons (Fsp3) is 0.571. The van der Waals surface area contributed by atoms with Crippen molar-refractivity contribution in [3.63, 3.8) is 0 Å². The molecule has 3 aromatic rings. The maximum Gasteiger partial charge on any atom is 0.267 e. The summed E-state index contributed by atoms with van der Waals surface area (Å²) in [7, 11) is 1.89. The average Bonchev–Trinajstić information content (AvgIpc) is 3.18. The molecule has 9 nitrogen and oxygen atoms in total. The van der Waals surface area contributed by atoms with Crippen molar-refractivity contribution in [3.8, 4) is 0 Å². The lowest BCUT2D eigenvalue weighted by molar-refractivity contribution is 0.148. The van der Waals surface area contributed by atoms with Crippen molar-refractivity contribution in [2.24, 2.45) is 7.05 Å². The molecule has 0 aromatic carbocycles. The molecule has 1 unspecified atom stereocenters. The van der Waals surface area contributed by atoms with Crippen LogP contribution in [0.25, 0.3) is 11.0 Å². The number of fused-ring (bicyclic) bond motifs is 2. The van der Waals surface area contributed by atoms with Gasteiger partial charge in [0.15, 0.2) is 5.65 Å². The summed E-state index contributed by atoms with van der Waals surface area (Å²) in [5.74, 6) is 2.82. The van der Waals surface area contributed by atoms with Crippen LogP contribution in [0, 0.1) is 0 Å². The standard InChI is InChI=1S/C21H28N8OS/c1-27-21-17(12-25-27)20(23-14-24-21)22-11-16-4-2-3-6-28(16)7-8-29-19(30)10-15-13-31-9-5-18(15)26-29/h10,12,14,16H,2-9,11,13H2,1H3,(H,22,23,24). The van der Waals surface area contributed by atoms with Gasteiger partial charge < -0.3 is 5.32 Å². The molecule has 2 aliphatic heterocycles. The van der Waals surface area contributed by atoms with Crippen LogP contribution in [0.5, 0.6) is 0 Å². The molecule has 0 spiro atoms. The molecule has 164 valence electrons. The molecule has 0 aliphatic carbocycles. The molecule has 0 bridgehead atoms. The minimum Gasteiger partial charge on any atom is -0.368 e. The number of hydrogen-bond acceptors (Lipinski definition) is 8. The molecule has 1 atom stereocenters. The highest BCUT2D eigenvalue weighted by atomic mass is 32.2. The van der Waals surface area contributed by atoms with Gasteiger partial charge in [-0.05, 0) is 30.7 Å². The molecule has 3 aromatic heterocycles. The Morgan fingerprint density at radius 2 is 2.19 bits per heavy atom. The summed E-state index contributed by atoms with van der Waals surface area (Å²) in [6.45, 7) is 3.33. The molecule has 5 rings (SSSR count). The van der Waals surface area contributed by atoms with Gasteiger partial charge in [0.25, 0.3) is 5.56 Å². The molecule has 1 N–H and O–H groups in total. The number of aryl methyl sites for hydroxylation is 2. The van der Waals surface area contributed by atoms with Crippen LogP contribution in [0.1, 0.15) is 30.5 Å². The lowest BCUT2D eigenvalue weighted by atomic mass is 10.0. The first-order chi connectivity index (χ1) is 15.2. The van der Waals surface area contributed by atoms with E-state index in [1.54, 1.807) is 21.8 Å². The lowest BCUT2D eigenvalue weighted by Crippen LogP contribution is -2.45. The zero-order chi connectivity index (χ0) is 21.2. The smallest absolute Gasteiger partial charge is 0.267 e. The number of thioether (sulfide) groups is 1. The van der Waals surface area contributed by atoms with Crippen molar-refractivity contribution in [1.82, 2.24) is 34.4 Å². The van der Waals surface area contributed by atoms with E-state index < -0.39 is 0 Å². The summed E-state index contributed by atoms with van der Waals surface area (Å²) in [5, 5.41) is 13.4. The van der Waals surface area contributed by atoms with Crippen molar-refractivity contribution in [2.45, 2.75) is 44.0 Å². The Morgan fingerprint density at radius 3 is 3.13 bits per heavy atom. The highest BCUT2D eigenvalue weighted by molar-refractivity contribution is 7.98. The van der Waals surface area contributed by atoms with Gasteiger partial charge in [0.05, 0.1) is 23.8 Å². The number of nitrogens with zero attached hydrogens (tertiary/aromatic N) is 7. The highest BCUT2D eigenvalue weighted by Gasteiger charge is 2.23. The van der Waals surface area contributed by atoms with E-state index in [1.165, 1.54) is 12.8 Å². The Bertz CT molecular complexity index is 1130. The first-order valence-corrected chi connectivity index (χ1v) is 12.1. The Balaban J connectivity index is 1.25. The molecule has 31 heavy (non-hydrogen) atoms. The molecule has 0 saturated carbocycles. The van der Waals surface area contributed by atoms with Crippen molar-refractivity contribution in [2.75, 3.05) is 30.7 Å². The zero-order valence-electron chi connectivity index (χ0n) is 17.8. The molecule has 0 radical (unpaired) electrons. The van der Waals surface area contributed by atoms with Gasteiger partial charge in [-0.2, -0.15) is 22.0 Å². The minimum atomic E-state index is 0.0212. The molecular formula is C21H28N8OS. The zero-order valence-corrected chi connectivity index (χ0v) is 18.6. The van der Waals surface area contributed by atoms with Gasteiger partial charge in [0, 0.05) is 44.4 Å². The minimum absolute atomic E-state index is 0.0212. The molecular weight excluding hydrogens is 412 g/mol. The van der Waals surface area contributed by atoms with Crippen LogP contribution in [-0.4, -0.2) is 65.9 Å². The second kappa shape index (κ2) is 8.96. The Hall–Kier alpha value is -2.46. The third kappa shape index (κ3) is 4.31. The number of piperidine rings is 1. The van der Waals surface area contributed by atoms with Gasteiger partial charge in [-0.1, -0.05) is 6.42 Å². The van der Waals surface area contributed by atoms with E-state index in [2.05, 4.69) is 30.4 Å². The summed E-state index contributed by atoms with van der Waals surface area (Å²) >= 11 is 1.88. The van der Waals surface area contributed by atoms with Crippen LogP contribution in [0.15, 0.2) is 23.4 Å². The SMILES string of the molecule is Cn1ncc2c(NCC3CCCCN3CCn3nc4c(cc3=O)CSCC4)ncnc21. The topological polar surface area (TPSA) is 93.8 Å². The number of hydrogen-bond donors (Lipinski definition) is 1. The number of anilines is 1. The van der Waals surface area contributed by atoms with Crippen LogP contribution in [0.4, 0.5) is 5.82 Å². The van der Waals surface area contributed by atoms with Crippen LogP contribution >= 0.6 is 11.8 Å². The second-order valence-corrected chi connectivity index (χ2v) is 9.38. The van der Waals surface area contributed by atoms with Crippen molar-refractivity contribution in [3.05, 3.63) is 40.2 Å². The molecule has 2 aliphatic rings. The van der Waals surface area contributed by atoms with Crippen LogP contribution in [-0.2, 0) is 25.8 Å². The summed E-state index contributed by atoms with van der Waals surface area (Å²) in [6.07, 6.45) is 7.90. The summed E-state index contributed by atoms with van der Waals surface area (Å²) in [5.41, 5.74) is 3.06. The van der Waals surface area contributed by atoms with Crippen molar-refractivity contribution >= 4 is 28.6 Å². The monoisotopic (exact) mass is 440 g/mol. The van der Waals surface area contributed by atoms with E-state index in [0.29, 0.717) is 12.6 Å². The maximum atomic E-state index is 12.5. The Labute approximate surface area is 185 Å². The molecule has 1 saturated heterocycles. The average molecular weight is 441 g/mol. The predicted octanol–water partition coefficient (Wildman–Crippen LogP) is 1.68. The highest BCUT2D eigenvalue weighted by Crippen LogP contribution is 2.22. The van der Waals surface area contributed by atoms with E-state index in [9.17, 15) is 4.79 Å².